The van der Waals surface area contributed by atoms with Crippen molar-refractivity contribution in [2.24, 2.45) is 0 Å². The van der Waals surface area contributed by atoms with Crippen LogP contribution in [0.5, 0.6) is 0 Å². The molecule has 2 aromatic rings. The van der Waals surface area contributed by atoms with Crippen molar-refractivity contribution in [1.82, 2.24) is 4.98 Å². The Morgan fingerprint density at radius 1 is 1.19 bits per heavy atom. The highest BCUT2D eigenvalue weighted by Crippen LogP contribution is 2.25. The number of aromatic nitrogens is 1. The number of anilines is 1. The minimum Gasteiger partial charge on any atom is -0.388 e. The summed E-state index contributed by atoms with van der Waals surface area (Å²) in [5.74, 6) is 0. The Morgan fingerprint density at radius 3 is 2.69 bits per heavy atom. The van der Waals surface area contributed by atoms with Crippen LogP contribution in [0.25, 0.3) is 11.3 Å². The second kappa shape index (κ2) is 4.54. The maximum atomic E-state index is 6.09. The average molecular weight is 233 g/mol. The van der Waals surface area contributed by atoms with E-state index in [1.807, 2.05) is 44.3 Å². The van der Waals surface area contributed by atoms with Gasteiger partial charge in [0, 0.05) is 29.5 Å². The SMILES string of the molecule is CNc1ccnc(-c2ccc(C)c(Cl)c2)c1. The fraction of sp³-hybridized carbons (Fsp3) is 0.154. The van der Waals surface area contributed by atoms with Crippen LogP contribution in [0.1, 0.15) is 5.56 Å². The zero-order valence-corrected chi connectivity index (χ0v) is 10.0. The Labute approximate surface area is 100 Å². The summed E-state index contributed by atoms with van der Waals surface area (Å²) in [7, 11) is 1.89. The van der Waals surface area contributed by atoms with Crippen LogP contribution in [-0.2, 0) is 0 Å². The van der Waals surface area contributed by atoms with Crippen LogP contribution in [0.3, 0.4) is 0 Å². The third-order valence-electron chi connectivity index (χ3n) is 2.52. The summed E-state index contributed by atoms with van der Waals surface area (Å²) < 4.78 is 0. The molecule has 1 aromatic heterocycles. The van der Waals surface area contributed by atoms with Gasteiger partial charge in [-0.1, -0.05) is 23.7 Å². The molecule has 0 radical (unpaired) electrons. The van der Waals surface area contributed by atoms with Gasteiger partial charge in [-0.2, -0.15) is 0 Å². The molecule has 0 unspecified atom stereocenters. The molecule has 16 heavy (non-hydrogen) atoms. The van der Waals surface area contributed by atoms with Crippen LogP contribution in [0.15, 0.2) is 36.5 Å². The molecule has 0 saturated heterocycles. The van der Waals surface area contributed by atoms with Gasteiger partial charge in [0.1, 0.15) is 0 Å². The van der Waals surface area contributed by atoms with Gasteiger partial charge in [0.2, 0.25) is 0 Å². The number of rotatable bonds is 2. The first-order chi connectivity index (χ1) is 7.70. The number of pyridine rings is 1. The van der Waals surface area contributed by atoms with Crippen molar-refractivity contribution < 1.29 is 0 Å². The molecule has 0 bridgehead atoms. The molecule has 0 aliphatic carbocycles. The molecule has 0 spiro atoms. The number of nitrogens with zero attached hydrogens (tertiary/aromatic N) is 1. The van der Waals surface area contributed by atoms with E-state index in [0.29, 0.717) is 0 Å². The van der Waals surface area contributed by atoms with Crippen molar-refractivity contribution in [3.63, 3.8) is 0 Å². The molecule has 1 heterocycles. The van der Waals surface area contributed by atoms with Gasteiger partial charge in [0.05, 0.1) is 5.69 Å². The molecule has 0 fully saturated rings. The van der Waals surface area contributed by atoms with Crippen molar-refractivity contribution in [3.05, 3.63) is 47.1 Å². The fourth-order valence-electron chi connectivity index (χ4n) is 1.50. The maximum Gasteiger partial charge on any atom is 0.0723 e. The van der Waals surface area contributed by atoms with E-state index >= 15 is 0 Å². The normalized spacial score (nSPS) is 10.2. The Balaban J connectivity index is 2.46. The van der Waals surface area contributed by atoms with E-state index in [4.69, 9.17) is 11.6 Å². The number of aryl methyl sites for hydroxylation is 1. The van der Waals surface area contributed by atoms with Gasteiger partial charge >= 0.3 is 0 Å². The highest BCUT2D eigenvalue weighted by molar-refractivity contribution is 6.31. The fourth-order valence-corrected chi connectivity index (χ4v) is 1.68. The Bertz CT molecular complexity index is 509. The zero-order chi connectivity index (χ0) is 11.5. The highest BCUT2D eigenvalue weighted by atomic mass is 35.5. The molecule has 0 amide bonds. The van der Waals surface area contributed by atoms with Crippen molar-refractivity contribution in [3.8, 4) is 11.3 Å². The second-order valence-electron chi connectivity index (χ2n) is 3.64. The van der Waals surface area contributed by atoms with Crippen LogP contribution >= 0.6 is 11.6 Å². The molecule has 0 aliphatic rings. The van der Waals surface area contributed by atoms with Crippen molar-refractivity contribution >= 4 is 17.3 Å². The summed E-state index contributed by atoms with van der Waals surface area (Å²) in [4.78, 5) is 4.33. The summed E-state index contributed by atoms with van der Waals surface area (Å²) in [6, 6.07) is 9.91. The molecule has 0 saturated carbocycles. The lowest BCUT2D eigenvalue weighted by Crippen LogP contribution is -1.90. The lowest BCUT2D eigenvalue weighted by atomic mass is 10.1. The largest absolute Gasteiger partial charge is 0.388 e. The van der Waals surface area contributed by atoms with Crippen LogP contribution in [0, 0.1) is 6.92 Å². The monoisotopic (exact) mass is 232 g/mol. The molecule has 2 rings (SSSR count). The lowest BCUT2D eigenvalue weighted by Gasteiger charge is -2.05. The Kier molecular flexibility index (Phi) is 3.11. The minimum atomic E-state index is 0.772. The molecule has 1 aromatic carbocycles. The number of hydrogen-bond donors (Lipinski definition) is 1. The second-order valence-corrected chi connectivity index (χ2v) is 4.05. The molecule has 3 heteroatoms. The number of hydrogen-bond acceptors (Lipinski definition) is 2. The van der Waals surface area contributed by atoms with E-state index in [-0.39, 0.29) is 0 Å². The quantitative estimate of drug-likeness (QED) is 0.853. The van der Waals surface area contributed by atoms with E-state index in [1.54, 1.807) is 6.20 Å². The van der Waals surface area contributed by atoms with Gasteiger partial charge < -0.3 is 5.32 Å². The lowest BCUT2D eigenvalue weighted by molar-refractivity contribution is 1.31. The van der Waals surface area contributed by atoms with Gasteiger partial charge in [0.25, 0.3) is 0 Å². The number of nitrogens with one attached hydrogen (secondary N) is 1. The van der Waals surface area contributed by atoms with Gasteiger partial charge in [-0.25, -0.2) is 0 Å². The summed E-state index contributed by atoms with van der Waals surface area (Å²) >= 11 is 6.09. The Morgan fingerprint density at radius 2 is 2.00 bits per heavy atom. The van der Waals surface area contributed by atoms with Crippen LogP contribution < -0.4 is 5.32 Å². The first kappa shape index (κ1) is 11.0. The molecule has 1 N–H and O–H groups in total. The predicted octanol–water partition coefficient (Wildman–Crippen LogP) is 3.75. The summed E-state index contributed by atoms with van der Waals surface area (Å²) in [6.07, 6.45) is 1.79. The molecule has 2 nitrogen and oxygen atoms in total. The smallest absolute Gasteiger partial charge is 0.0723 e. The van der Waals surface area contributed by atoms with Gasteiger partial charge in [-0.15, -0.1) is 0 Å². The summed E-state index contributed by atoms with van der Waals surface area (Å²) in [5, 5.41) is 3.86. The van der Waals surface area contributed by atoms with E-state index in [9.17, 15) is 0 Å². The Hall–Kier alpha value is -1.54. The van der Waals surface area contributed by atoms with Crippen LogP contribution in [0.4, 0.5) is 5.69 Å². The van der Waals surface area contributed by atoms with E-state index in [0.717, 1.165) is 27.5 Å². The summed E-state index contributed by atoms with van der Waals surface area (Å²) in [6.45, 7) is 1.99. The zero-order valence-electron chi connectivity index (χ0n) is 9.29. The maximum absolute atomic E-state index is 6.09. The van der Waals surface area contributed by atoms with Gasteiger partial charge in [-0.05, 0) is 30.7 Å². The number of benzene rings is 1. The molecule has 0 atom stereocenters. The summed E-state index contributed by atoms with van der Waals surface area (Å²) in [5.41, 5.74) is 4.08. The van der Waals surface area contributed by atoms with E-state index in [1.165, 1.54) is 0 Å². The highest BCUT2D eigenvalue weighted by Gasteiger charge is 2.02. The topological polar surface area (TPSA) is 24.9 Å². The average Bonchev–Trinajstić information content (AvgIpc) is 2.33. The molecule has 0 aliphatic heterocycles. The van der Waals surface area contributed by atoms with Crippen LogP contribution in [-0.4, -0.2) is 12.0 Å². The minimum absolute atomic E-state index is 0.772. The van der Waals surface area contributed by atoms with Gasteiger partial charge in [-0.3, -0.25) is 4.98 Å². The van der Waals surface area contributed by atoms with E-state index < -0.39 is 0 Å². The molecule has 82 valence electrons. The number of halogens is 1. The van der Waals surface area contributed by atoms with Crippen LogP contribution in [0.2, 0.25) is 5.02 Å². The predicted molar refractivity (Wildman–Crippen MR) is 69.0 cm³/mol. The van der Waals surface area contributed by atoms with Crippen molar-refractivity contribution in [2.75, 3.05) is 12.4 Å². The van der Waals surface area contributed by atoms with Crippen molar-refractivity contribution in [2.45, 2.75) is 6.92 Å². The third kappa shape index (κ3) is 2.17. The standard InChI is InChI=1S/C13H13ClN2/c1-9-3-4-10(7-12(9)14)13-8-11(15-2)5-6-16-13/h3-8H,1-2H3,(H,15,16). The van der Waals surface area contributed by atoms with Gasteiger partial charge in [0.15, 0.2) is 0 Å². The molecular weight excluding hydrogens is 220 g/mol. The van der Waals surface area contributed by atoms with E-state index in [2.05, 4.69) is 10.3 Å². The first-order valence-electron chi connectivity index (χ1n) is 5.11. The third-order valence-corrected chi connectivity index (χ3v) is 2.92. The first-order valence-corrected chi connectivity index (χ1v) is 5.49. The van der Waals surface area contributed by atoms with Crippen molar-refractivity contribution in [1.29, 1.82) is 0 Å². The molecular formula is C13H13ClN2.